The molecule has 0 bridgehead atoms. The zero-order chi connectivity index (χ0) is 35.7. The van der Waals surface area contributed by atoms with Crippen molar-refractivity contribution in [3.05, 3.63) is 0 Å². The molecule has 5 N–H and O–H groups in total. The van der Waals surface area contributed by atoms with Gasteiger partial charge in [0.1, 0.15) is 12.1 Å². The minimum absolute atomic E-state index is 0.0760. The monoisotopic (exact) mass is 693 g/mol. The molecule has 0 aromatic heterocycles. The van der Waals surface area contributed by atoms with Crippen LogP contribution in [0.5, 0.6) is 0 Å². The number of urea groups is 1. The van der Waals surface area contributed by atoms with Crippen molar-refractivity contribution in [3.63, 3.8) is 0 Å². The van der Waals surface area contributed by atoms with Crippen LogP contribution < -0.4 is 21.7 Å². The standard InChI is InChI=1S/C35H59N5O7S/c1-7-8-17-24(28(41)29(36)42)37-30(43)27-25-23(34(25,5)6)20-40(27)31(44)26(22-15-11-9-12-16-22)38-32(45)39-35(18-13-10-14-19-35)21-48(46,47)33(2,3)4/h22-27H,7-21H2,1-6H3,(H2,36,42)(H,37,43)(H2,38,39,45)/t23?,24?,25-,26-,27-/m0/s1. The van der Waals surface area contributed by atoms with Crippen molar-refractivity contribution in [3.8, 4) is 0 Å². The van der Waals surface area contributed by atoms with E-state index in [0.717, 1.165) is 57.8 Å². The molecule has 0 spiro atoms. The van der Waals surface area contributed by atoms with Crippen molar-refractivity contribution in [2.45, 2.75) is 153 Å². The van der Waals surface area contributed by atoms with Crippen LogP contribution in [0.3, 0.4) is 0 Å². The Kier molecular flexibility index (Phi) is 11.6. The van der Waals surface area contributed by atoms with E-state index in [4.69, 9.17) is 5.73 Å². The lowest BCUT2D eigenvalue weighted by Crippen LogP contribution is -2.63. The van der Waals surface area contributed by atoms with Crippen molar-refractivity contribution in [1.29, 1.82) is 0 Å². The summed E-state index contributed by atoms with van der Waals surface area (Å²) in [5.74, 6) is -3.17. The maximum atomic E-state index is 14.6. The van der Waals surface area contributed by atoms with Gasteiger partial charge in [0.25, 0.3) is 5.91 Å². The number of sulfone groups is 1. The Labute approximate surface area is 286 Å². The Hall–Kier alpha value is -2.70. The third-order valence-corrected chi connectivity index (χ3v) is 14.5. The van der Waals surface area contributed by atoms with Crippen molar-refractivity contribution in [2.75, 3.05) is 12.3 Å². The number of rotatable bonds is 13. The molecule has 4 aliphatic rings. The number of fused-ring (bicyclic) bond motifs is 1. The van der Waals surface area contributed by atoms with E-state index in [2.05, 4.69) is 29.8 Å². The van der Waals surface area contributed by atoms with Crippen LogP contribution in [0.25, 0.3) is 0 Å². The molecule has 0 radical (unpaired) electrons. The first-order chi connectivity index (χ1) is 22.3. The van der Waals surface area contributed by atoms with Gasteiger partial charge < -0.3 is 26.6 Å². The predicted molar refractivity (Wildman–Crippen MR) is 183 cm³/mol. The molecular weight excluding hydrogens is 634 g/mol. The lowest BCUT2D eigenvalue weighted by Gasteiger charge is -2.41. The first-order valence-electron chi connectivity index (χ1n) is 18.1. The summed E-state index contributed by atoms with van der Waals surface area (Å²) in [4.78, 5) is 68.4. The van der Waals surface area contributed by atoms with E-state index in [1.165, 1.54) is 0 Å². The third-order valence-electron chi connectivity index (χ3n) is 11.7. The average Bonchev–Trinajstić information content (AvgIpc) is 3.32. The number of ketones is 1. The van der Waals surface area contributed by atoms with E-state index >= 15 is 0 Å². The molecule has 0 aromatic carbocycles. The molecule has 12 nitrogen and oxygen atoms in total. The minimum Gasteiger partial charge on any atom is -0.363 e. The molecule has 48 heavy (non-hydrogen) atoms. The van der Waals surface area contributed by atoms with Crippen molar-refractivity contribution in [2.24, 2.45) is 28.9 Å². The predicted octanol–water partition coefficient (Wildman–Crippen LogP) is 3.36. The largest absolute Gasteiger partial charge is 0.363 e. The zero-order valence-electron chi connectivity index (χ0n) is 29.9. The zero-order valence-corrected chi connectivity index (χ0v) is 30.7. The van der Waals surface area contributed by atoms with Gasteiger partial charge in [0, 0.05) is 6.54 Å². The fourth-order valence-electron chi connectivity index (χ4n) is 8.48. The summed E-state index contributed by atoms with van der Waals surface area (Å²) in [5.41, 5.74) is 4.18. The van der Waals surface area contributed by atoms with Crippen LogP contribution in [0.4, 0.5) is 4.79 Å². The molecule has 2 unspecified atom stereocenters. The van der Waals surface area contributed by atoms with Crippen LogP contribution in [0.1, 0.15) is 125 Å². The summed E-state index contributed by atoms with van der Waals surface area (Å²) in [7, 11) is -3.55. The number of nitrogens with zero attached hydrogens (tertiary/aromatic N) is 1. The molecule has 4 fully saturated rings. The number of hydrogen-bond donors (Lipinski definition) is 4. The number of carbonyl (C=O) groups excluding carboxylic acids is 5. The van der Waals surface area contributed by atoms with Gasteiger partial charge in [-0.05, 0) is 76.0 Å². The van der Waals surface area contributed by atoms with Gasteiger partial charge in [-0.15, -0.1) is 0 Å². The van der Waals surface area contributed by atoms with Crippen LogP contribution in [0, 0.1) is 23.2 Å². The third kappa shape index (κ3) is 8.18. The van der Waals surface area contributed by atoms with E-state index in [-0.39, 0.29) is 41.2 Å². The molecule has 4 rings (SSSR count). The van der Waals surface area contributed by atoms with Crippen LogP contribution >= 0.6 is 0 Å². The minimum atomic E-state index is -3.55. The second-order valence-corrected chi connectivity index (χ2v) is 19.3. The van der Waals surface area contributed by atoms with Crippen molar-refractivity contribution >= 4 is 39.4 Å². The van der Waals surface area contributed by atoms with Crippen molar-refractivity contribution < 1.29 is 32.4 Å². The van der Waals surface area contributed by atoms with E-state index in [9.17, 15) is 32.4 Å². The number of carbonyl (C=O) groups is 5. The lowest BCUT2D eigenvalue weighted by molar-refractivity contribution is -0.144. The second-order valence-electron chi connectivity index (χ2n) is 16.5. The molecule has 0 aromatic rings. The highest BCUT2D eigenvalue weighted by molar-refractivity contribution is 7.92. The highest BCUT2D eigenvalue weighted by Gasteiger charge is 2.69. The van der Waals surface area contributed by atoms with E-state index < -0.39 is 61.9 Å². The molecule has 1 heterocycles. The SMILES string of the molecule is CCCCC(NC(=O)[C@@H]1[C@@H]2C(CN1C(=O)[C@@H](NC(=O)NC1(CS(=O)(=O)C(C)(C)C)CCCCC1)C1CCCCC1)C2(C)C)C(=O)C(N)=O. The first-order valence-corrected chi connectivity index (χ1v) is 19.8. The molecular formula is C35H59N5O7S. The maximum absolute atomic E-state index is 14.6. The van der Waals surface area contributed by atoms with E-state index in [1.54, 1.807) is 25.7 Å². The summed E-state index contributed by atoms with van der Waals surface area (Å²) in [6.07, 6.45) is 9.62. The Morgan fingerprint density at radius 1 is 0.938 bits per heavy atom. The van der Waals surface area contributed by atoms with Gasteiger partial charge >= 0.3 is 6.03 Å². The molecule has 5 atom stereocenters. The number of hydrogen-bond acceptors (Lipinski definition) is 7. The molecule has 3 aliphatic carbocycles. The fraction of sp³-hybridized carbons (Fsp3) is 0.857. The highest BCUT2D eigenvalue weighted by Crippen LogP contribution is 2.65. The van der Waals surface area contributed by atoms with E-state index in [1.807, 2.05) is 6.92 Å². The molecule has 272 valence electrons. The summed E-state index contributed by atoms with van der Waals surface area (Å²) in [6.45, 7) is 11.4. The smallest absolute Gasteiger partial charge is 0.315 e. The summed E-state index contributed by atoms with van der Waals surface area (Å²) >= 11 is 0. The van der Waals surface area contributed by atoms with Gasteiger partial charge in [0.05, 0.1) is 22.1 Å². The number of Topliss-reactive ketones (excluding diaryl/α,β-unsaturated/α-hetero) is 1. The van der Waals surface area contributed by atoms with Crippen molar-refractivity contribution in [1.82, 2.24) is 20.9 Å². The Morgan fingerprint density at radius 3 is 2.10 bits per heavy atom. The first kappa shape index (κ1) is 38.1. The summed E-state index contributed by atoms with van der Waals surface area (Å²) < 4.78 is 25.7. The quantitative estimate of drug-likeness (QED) is 0.213. The van der Waals surface area contributed by atoms with Gasteiger partial charge in [0.2, 0.25) is 17.6 Å². The van der Waals surface area contributed by atoms with Crippen LogP contribution in [0.2, 0.25) is 0 Å². The number of likely N-dealkylation sites (tertiary alicyclic amines) is 1. The number of nitrogens with two attached hydrogens (primary N) is 1. The van der Waals surface area contributed by atoms with Gasteiger partial charge in [-0.25, -0.2) is 13.2 Å². The number of nitrogens with one attached hydrogen (secondary N) is 3. The van der Waals surface area contributed by atoms with Gasteiger partial charge in [0.15, 0.2) is 9.84 Å². The highest BCUT2D eigenvalue weighted by atomic mass is 32.2. The lowest BCUT2D eigenvalue weighted by atomic mass is 9.82. The Balaban J connectivity index is 1.58. The number of piperidine rings is 1. The van der Waals surface area contributed by atoms with Crippen LogP contribution in [-0.2, 0) is 29.0 Å². The van der Waals surface area contributed by atoms with Gasteiger partial charge in [-0.1, -0.05) is 72.1 Å². The van der Waals surface area contributed by atoms with Gasteiger partial charge in [-0.3, -0.25) is 19.2 Å². The number of unbranched alkanes of at least 4 members (excludes halogenated alkanes) is 1. The van der Waals surface area contributed by atoms with Crippen LogP contribution in [0.15, 0.2) is 0 Å². The summed E-state index contributed by atoms with van der Waals surface area (Å²) in [6, 6.07) is -3.40. The number of primary amides is 1. The van der Waals surface area contributed by atoms with E-state index in [0.29, 0.717) is 25.8 Å². The van der Waals surface area contributed by atoms with Gasteiger partial charge in [-0.2, -0.15) is 0 Å². The molecule has 1 saturated heterocycles. The topological polar surface area (TPSA) is 185 Å². The number of amides is 5. The normalized spacial score (nSPS) is 26.5. The second kappa shape index (κ2) is 14.6. The Morgan fingerprint density at radius 2 is 1.54 bits per heavy atom. The fourth-order valence-corrected chi connectivity index (χ4v) is 10.0. The molecule has 1 aliphatic heterocycles. The Bertz CT molecular complexity index is 1340. The molecule has 5 amide bonds. The average molecular weight is 694 g/mol. The van der Waals surface area contributed by atoms with Crippen LogP contribution in [-0.4, -0.2) is 83.6 Å². The maximum Gasteiger partial charge on any atom is 0.315 e. The molecule has 3 saturated carbocycles. The summed E-state index contributed by atoms with van der Waals surface area (Å²) in [5, 5.41) is 8.80. The molecule has 13 heteroatoms.